The number of hydrogen-bond acceptors (Lipinski definition) is 3. The summed E-state index contributed by atoms with van der Waals surface area (Å²) in [5.41, 5.74) is 2.60. The van der Waals surface area contributed by atoms with Crippen LogP contribution in [0.4, 0.5) is 0 Å². The topological polar surface area (TPSA) is 77.8 Å². The molecule has 4 nitrogen and oxygen atoms in total. The maximum Gasteiger partial charge on any atom is 0.303 e. The fourth-order valence-corrected chi connectivity index (χ4v) is 11.3. The van der Waals surface area contributed by atoms with Crippen LogP contribution in [0.3, 0.4) is 0 Å². The Bertz CT molecular complexity index is 958. The van der Waals surface area contributed by atoms with Crippen molar-refractivity contribution < 1.29 is 20.1 Å². The van der Waals surface area contributed by atoms with Crippen LogP contribution in [-0.4, -0.2) is 33.5 Å². The van der Waals surface area contributed by atoms with E-state index >= 15 is 0 Å². The number of unbranched alkanes of at least 4 members (excludes halogenated alkanes) is 10. The van der Waals surface area contributed by atoms with Gasteiger partial charge < -0.3 is 15.3 Å². The van der Waals surface area contributed by atoms with E-state index in [2.05, 4.69) is 47.6 Å². The highest BCUT2D eigenvalue weighted by molar-refractivity contribution is 5.66. The molecular weight excluding hydrogens is 604 g/mol. The first-order valence-electron chi connectivity index (χ1n) is 21.7. The van der Waals surface area contributed by atoms with E-state index in [-0.39, 0.29) is 12.2 Å². The van der Waals surface area contributed by atoms with E-state index in [1.807, 2.05) is 0 Å². The number of hydrogen-bond donors (Lipinski definition) is 3. The van der Waals surface area contributed by atoms with E-state index in [0.717, 1.165) is 86.9 Å². The molecule has 4 rings (SSSR count). The van der Waals surface area contributed by atoms with Crippen LogP contribution in [0.1, 0.15) is 208 Å². The third-order valence-corrected chi connectivity index (χ3v) is 14.3. The van der Waals surface area contributed by atoms with E-state index < -0.39 is 5.97 Å². The van der Waals surface area contributed by atoms with Crippen LogP contribution in [0.25, 0.3) is 0 Å². The van der Waals surface area contributed by atoms with Gasteiger partial charge >= 0.3 is 5.97 Å². The quantitative estimate of drug-likeness (QED) is 0.0829. The second-order valence-corrected chi connectivity index (χ2v) is 18.5. The highest BCUT2D eigenvalue weighted by Gasteiger charge is 2.59. The number of aliphatic carboxylic acids is 1. The minimum absolute atomic E-state index is 0.0766. The predicted molar refractivity (Wildman–Crippen MR) is 208 cm³/mol. The number of rotatable bonds is 21. The molecule has 4 aliphatic carbocycles. The zero-order chi connectivity index (χ0) is 35.9. The summed E-state index contributed by atoms with van der Waals surface area (Å²) in [5, 5.41) is 28.6. The SMILES string of the molecule is CC(C)CCCC(C)[C@H]1CC[C@H]2[C@@H]3CC=C4C[C@@H](O)CC[C@]4(C)[C@H]3CC[C@]12C.CCCCCCC(O)CCCCCCCCCCC(=O)O. The highest BCUT2D eigenvalue weighted by atomic mass is 16.4. The molecule has 9 atom stereocenters. The Balaban J connectivity index is 0.000000279. The van der Waals surface area contributed by atoms with Gasteiger partial charge in [0.25, 0.3) is 0 Å². The molecule has 4 aliphatic rings. The van der Waals surface area contributed by atoms with Gasteiger partial charge in [-0.05, 0) is 117 Å². The van der Waals surface area contributed by atoms with Gasteiger partial charge in [0.2, 0.25) is 0 Å². The summed E-state index contributed by atoms with van der Waals surface area (Å²) >= 11 is 0. The number of aliphatic hydroxyl groups is 2. The molecule has 0 amide bonds. The molecule has 3 N–H and O–H groups in total. The Morgan fingerprint density at radius 3 is 2.04 bits per heavy atom. The van der Waals surface area contributed by atoms with E-state index in [9.17, 15) is 15.0 Å². The molecule has 3 saturated carbocycles. The Morgan fingerprint density at radius 2 is 1.41 bits per heavy atom. The molecule has 0 aromatic heterocycles. The molecule has 3 fully saturated rings. The average molecular weight is 687 g/mol. The fraction of sp³-hybridized carbons (Fsp3) is 0.933. The second-order valence-electron chi connectivity index (χ2n) is 18.5. The first kappa shape index (κ1) is 42.5. The number of carboxylic acids is 1. The van der Waals surface area contributed by atoms with Gasteiger partial charge in [-0.3, -0.25) is 4.79 Å². The van der Waals surface area contributed by atoms with Crippen molar-refractivity contribution in [1.29, 1.82) is 0 Å². The second kappa shape index (κ2) is 21.6. The lowest BCUT2D eigenvalue weighted by Crippen LogP contribution is -2.50. The largest absolute Gasteiger partial charge is 0.481 e. The Hall–Kier alpha value is -0.870. The fourth-order valence-electron chi connectivity index (χ4n) is 11.3. The van der Waals surface area contributed by atoms with E-state index in [0.29, 0.717) is 17.3 Å². The molecule has 0 heterocycles. The summed E-state index contributed by atoms with van der Waals surface area (Å²) < 4.78 is 0. The van der Waals surface area contributed by atoms with Crippen LogP contribution < -0.4 is 0 Å². The van der Waals surface area contributed by atoms with Gasteiger partial charge in [-0.1, -0.05) is 143 Å². The molecule has 4 heteroatoms. The number of aliphatic hydroxyl groups excluding tert-OH is 2. The van der Waals surface area contributed by atoms with Crippen molar-refractivity contribution in [2.45, 2.75) is 221 Å². The zero-order valence-corrected chi connectivity index (χ0v) is 33.3. The zero-order valence-electron chi connectivity index (χ0n) is 33.3. The van der Waals surface area contributed by atoms with Crippen molar-refractivity contribution in [1.82, 2.24) is 0 Å². The molecule has 0 spiro atoms. The highest BCUT2D eigenvalue weighted by Crippen LogP contribution is 2.67. The lowest BCUT2D eigenvalue weighted by Gasteiger charge is -2.58. The van der Waals surface area contributed by atoms with Crippen LogP contribution in [0.5, 0.6) is 0 Å². The van der Waals surface area contributed by atoms with Crippen LogP contribution in [-0.2, 0) is 4.79 Å². The average Bonchev–Trinajstić information content (AvgIpc) is 3.41. The first-order chi connectivity index (χ1) is 23.4. The van der Waals surface area contributed by atoms with E-state index in [1.165, 1.54) is 109 Å². The third-order valence-electron chi connectivity index (χ3n) is 14.3. The van der Waals surface area contributed by atoms with Crippen molar-refractivity contribution in [3.63, 3.8) is 0 Å². The Morgan fingerprint density at radius 1 is 0.776 bits per heavy atom. The normalized spacial score (nSPS) is 31.9. The van der Waals surface area contributed by atoms with Crippen molar-refractivity contribution >= 4 is 5.97 Å². The van der Waals surface area contributed by atoms with Gasteiger partial charge in [0, 0.05) is 6.42 Å². The van der Waals surface area contributed by atoms with Gasteiger partial charge in [-0.25, -0.2) is 0 Å². The molecule has 0 saturated heterocycles. The molecule has 0 aliphatic heterocycles. The lowest BCUT2D eigenvalue weighted by molar-refractivity contribution is -0.137. The molecule has 49 heavy (non-hydrogen) atoms. The smallest absolute Gasteiger partial charge is 0.303 e. The summed E-state index contributed by atoms with van der Waals surface area (Å²) in [6.07, 6.45) is 33.4. The van der Waals surface area contributed by atoms with Crippen LogP contribution in [0, 0.1) is 46.3 Å². The Labute approximate surface area is 304 Å². The van der Waals surface area contributed by atoms with Crippen LogP contribution >= 0.6 is 0 Å². The van der Waals surface area contributed by atoms with Gasteiger partial charge in [-0.2, -0.15) is 0 Å². The van der Waals surface area contributed by atoms with Crippen molar-refractivity contribution in [3.05, 3.63) is 11.6 Å². The minimum Gasteiger partial charge on any atom is -0.481 e. The van der Waals surface area contributed by atoms with E-state index in [4.69, 9.17) is 5.11 Å². The van der Waals surface area contributed by atoms with Crippen LogP contribution in [0.15, 0.2) is 11.6 Å². The monoisotopic (exact) mass is 687 g/mol. The summed E-state index contributed by atoms with van der Waals surface area (Å²) in [5.74, 6) is 4.78. The van der Waals surface area contributed by atoms with Gasteiger partial charge in [-0.15, -0.1) is 0 Å². The minimum atomic E-state index is -0.678. The summed E-state index contributed by atoms with van der Waals surface area (Å²) in [6.45, 7) is 14.8. The number of fused-ring (bicyclic) bond motifs is 5. The maximum atomic E-state index is 10.3. The van der Waals surface area contributed by atoms with Crippen molar-refractivity contribution in [3.8, 4) is 0 Å². The molecular formula is C45H82O4. The molecule has 2 unspecified atom stereocenters. The number of carbonyl (C=O) groups is 1. The summed E-state index contributed by atoms with van der Waals surface area (Å²) in [7, 11) is 0. The molecule has 0 radical (unpaired) electrons. The Kier molecular flexibility index (Phi) is 18.8. The van der Waals surface area contributed by atoms with E-state index in [1.54, 1.807) is 5.57 Å². The molecule has 0 bridgehead atoms. The van der Waals surface area contributed by atoms with Gasteiger partial charge in [0.15, 0.2) is 0 Å². The molecule has 286 valence electrons. The van der Waals surface area contributed by atoms with Crippen molar-refractivity contribution in [2.24, 2.45) is 46.3 Å². The lowest BCUT2D eigenvalue weighted by atomic mass is 9.47. The third kappa shape index (κ3) is 12.9. The molecule has 0 aromatic carbocycles. The van der Waals surface area contributed by atoms with Gasteiger partial charge in [0.05, 0.1) is 12.2 Å². The number of carboxylic acid groups (broad SMARTS) is 1. The standard InChI is InChI=1S/C27H46O.C18H36O3/c1-18(2)7-6-8-19(3)23-11-12-24-22-10-9-20-17-21(28)13-15-26(20,4)25(22)14-16-27(23,24)5;1-2-3-4-11-14-17(19)15-12-9-7-5-6-8-10-13-16-18(20)21/h9,18-19,21-25,28H,6-8,10-17H2,1-5H3;17,19H,2-16H2,1H3,(H,20,21)/t19?,21-,22-,23+,24-,25-,26-,27+;/m0./s1. The van der Waals surface area contributed by atoms with Crippen molar-refractivity contribution in [2.75, 3.05) is 0 Å². The van der Waals surface area contributed by atoms with Crippen LogP contribution in [0.2, 0.25) is 0 Å². The summed E-state index contributed by atoms with van der Waals surface area (Å²) in [4.78, 5) is 10.3. The maximum absolute atomic E-state index is 10.3. The number of allylic oxidation sites excluding steroid dienone is 1. The van der Waals surface area contributed by atoms with Gasteiger partial charge in [0.1, 0.15) is 0 Å². The first-order valence-corrected chi connectivity index (χ1v) is 21.7. The molecule has 0 aromatic rings. The predicted octanol–water partition coefficient (Wildman–Crippen LogP) is 12.7. The summed E-state index contributed by atoms with van der Waals surface area (Å²) in [6, 6.07) is 0.